The van der Waals surface area contributed by atoms with Crippen molar-refractivity contribution in [3.05, 3.63) is 52.6 Å². The highest BCUT2D eigenvalue weighted by molar-refractivity contribution is 9.10. The molecule has 3 amide bonds. The number of aromatic nitrogens is 1. The van der Waals surface area contributed by atoms with Gasteiger partial charge >= 0.3 is 0 Å². The van der Waals surface area contributed by atoms with E-state index >= 15 is 0 Å². The smallest absolute Gasteiger partial charge is 0.254 e. The molecule has 0 spiro atoms. The second kappa shape index (κ2) is 6.79. The maximum absolute atomic E-state index is 12.2. The van der Waals surface area contributed by atoms with E-state index in [0.717, 1.165) is 4.47 Å². The van der Waals surface area contributed by atoms with Crippen LogP contribution in [-0.4, -0.2) is 28.7 Å². The van der Waals surface area contributed by atoms with Crippen LogP contribution in [0.1, 0.15) is 16.8 Å². The van der Waals surface area contributed by atoms with Gasteiger partial charge in [0.25, 0.3) is 5.91 Å². The van der Waals surface area contributed by atoms with Gasteiger partial charge in [-0.2, -0.15) is 0 Å². The number of benzene rings is 1. The second-order valence-electron chi connectivity index (χ2n) is 5.17. The zero-order chi connectivity index (χ0) is 17.1. The summed E-state index contributed by atoms with van der Waals surface area (Å²) in [6.07, 6.45) is 1.36. The van der Waals surface area contributed by atoms with Gasteiger partial charge in [-0.3, -0.25) is 14.4 Å². The fourth-order valence-electron chi connectivity index (χ4n) is 2.28. The minimum absolute atomic E-state index is 0.191. The quantitative estimate of drug-likeness (QED) is 0.747. The lowest BCUT2D eigenvalue weighted by molar-refractivity contribution is -0.122. The molecule has 3 N–H and O–H groups in total. The minimum Gasteiger partial charge on any atom is -0.340 e. The van der Waals surface area contributed by atoms with E-state index in [1.54, 1.807) is 42.6 Å². The molecule has 24 heavy (non-hydrogen) atoms. The third-order valence-electron chi connectivity index (χ3n) is 3.44. The molecule has 0 aliphatic carbocycles. The summed E-state index contributed by atoms with van der Waals surface area (Å²) in [7, 11) is 0. The highest BCUT2D eigenvalue weighted by atomic mass is 79.9. The van der Waals surface area contributed by atoms with Gasteiger partial charge in [0, 0.05) is 10.7 Å². The first-order chi connectivity index (χ1) is 11.5. The zero-order valence-electron chi connectivity index (χ0n) is 12.4. The molecule has 0 radical (unpaired) electrons. The number of hydrogen-bond donors (Lipinski definition) is 3. The third-order valence-corrected chi connectivity index (χ3v) is 3.90. The fourth-order valence-corrected chi connectivity index (χ4v) is 2.52. The van der Waals surface area contributed by atoms with E-state index in [2.05, 4.69) is 36.9 Å². The molecule has 3 rings (SSSR count). The van der Waals surface area contributed by atoms with Crippen LogP contribution < -0.4 is 16.0 Å². The Morgan fingerprint density at radius 1 is 1.21 bits per heavy atom. The Morgan fingerprint density at radius 2 is 2.00 bits per heavy atom. The van der Waals surface area contributed by atoms with E-state index in [4.69, 9.17) is 0 Å². The maximum atomic E-state index is 12.2. The average molecular weight is 389 g/mol. The average Bonchev–Trinajstić information content (AvgIpc) is 2.67. The minimum atomic E-state index is -0.958. The summed E-state index contributed by atoms with van der Waals surface area (Å²) in [4.78, 5) is 40.6. The van der Waals surface area contributed by atoms with Gasteiger partial charge in [-0.15, -0.1) is 0 Å². The monoisotopic (exact) mass is 388 g/mol. The molecule has 1 aromatic carbocycles. The molecule has 0 saturated heterocycles. The number of pyridine rings is 1. The molecular weight excluding hydrogens is 376 g/mol. The van der Waals surface area contributed by atoms with Crippen LogP contribution in [0.15, 0.2) is 47.1 Å². The zero-order valence-corrected chi connectivity index (χ0v) is 14.0. The van der Waals surface area contributed by atoms with E-state index < -0.39 is 23.8 Å². The van der Waals surface area contributed by atoms with Crippen LogP contribution in [0.5, 0.6) is 0 Å². The summed E-state index contributed by atoms with van der Waals surface area (Å²) in [6.45, 7) is 0. The summed E-state index contributed by atoms with van der Waals surface area (Å²) in [5, 5.41) is 7.82. The van der Waals surface area contributed by atoms with Gasteiger partial charge in [0.15, 0.2) is 0 Å². The van der Waals surface area contributed by atoms with Gasteiger partial charge in [0.1, 0.15) is 11.9 Å². The lowest BCUT2D eigenvalue weighted by Gasteiger charge is -2.14. The standard InChI is InChI=1S/C16H13BrN4O3/c17-9-5-6-13(18-8-9)21-14(22)7-12-16(24)19-11-4-2-1-3-10(11)15(23)20-12/h1-6,8,12H,7H2,(H,19,24)(H,20,23)(H,18,21,22). The Labute approximate surface area is 146 Å². The van der Waals surface area contributed by atoms with Gasteiger partial charge in [0.2, 0.25) is 11.8 Å². The molecule has 0 fully saturated rings. The molecule has 0 saturated carbocycles. The lowest BCUT2D eigenvalue weighted by atomic mass is 10.1. The van der Waals surface area contributed by atoms with E-state index in [9.17, 15) is 14.4 Å². The molecule has 0 bridgehead atoms. The number of carbonyl (C=O) groups excluding carboxylic acids is 3. The number of para-hydroxylation sites is 1. The molecule has 1 aromatic heterocycles. The Morgan fingerprint density at radius 3 is 2.75 bits per heavy atom. The van der Waals surface area contributed by atoms with Crippen LogP contribution in [0.3, 0.4) is 0 Å². The van der Waals surface area contributed by atoms with Crippen molar-refractivity contribution < 1.29 is 14.4 Å². The van der Waals surface area contributed by atoms with Gasteiger partial charge in [-0.25, -0.2) is 4.98 Å². The van der Waals surface area contributed by atoms with Crippen LogP contribution >= 0.6 is 15.9 Å². The third kappa shape index (κ3) is 3.60. The summed E-state index contributed by atoms with van der Waals surface area (Å²) >= 11 is 3.25. The first-order valence-electron chi connectivity index (χ1n) is 7.15. The van der Waals surface area contributed by atoms with Gasteiger partial charge in [-0.05, 0) is 40.2 Å². The van der Waals surface area contributed by atoms with Crippen molar-refractivity contribution in [1.29, 1.82) is 0 Å². The van der Waals surface area contributed by atoms with Crippen LogP contribution in [0.2, 0.25) is 0 Å². The Hall–Kier alpha value is -2.74. The van der Waals surface area contributed by atoms with Crippen molar-refractivity contribution in [2.75, 3.05) is 10.6 Å². The number of hydrogen-bond acceptors (Lipinski definition) is 4. The molecule has 7 nitrogen and oxygen atoms in total. The van der Waals surface area contributed by atoms with Crippen molar-refractivity contribution in [3.8, 4) is 0 Å². The molecule has 8 heteroatoms. The number of amides is 3. The highest BCUT2D eigenvalue weighted by Crippen LogP contribution is 2.19. The number of nitrogens with one attached hydrogen (secondary N) is 3. The Balaban J connectivity index is 1.69. The van der Waals surface area contributed by atoms with Crippen LogP contribution in [0, 0.1) is 0 Å². The molecule has 1 aliphatic rings. The molecule has 2 aromatic rings. The Bertz CT molecular complexity index is 807. The molecule has 122 valence electrons. The summed E-state index contributed by atoms with van der Waals surface area (Å²) < 4.78 is 0.786. The van der Waals surface area contributed by atoms with Gasteiger partial charge in [0.05, 0.1) is 17.7 Å². The maximum Gasteiger partial charge on any atom is 0.254 e. The van der Waals surface area contributed by atoms with Crippen LogP contribution in [0.25, 0.3) is 0 Å². The number of anilines is 2. The van der Waals surface area contributed by atoms with Crippen molar-refractivity contribution in [2.24, 2.45) is 0 Å². The van der Waals surface area contributed by atoms with E-state index in [1.165, 1.54) is 0 Å². The largest absolute Gasteiger partial charge is 0.340 e. The predicted octanol–water partition coefficient (Wildman–Crippen LogP) is 1.92. The molecule has 1 unspecified atom stereocenters. The molecular formula is C16H13BrN4O3. The Kier molecular flexibility index (Phi) is 4.57. The van der Waals surface area contributed by atoms with E-state index in [0.29, 0.717) is 17.1 Å². The fraction of sp³-hybridized carbons (Fsp3) is 0.125. The predicted molar refractivity (Wildman–Crippen MR) is 91.5 cm³/mol. The van der Waals surface area contributed by atoms with Crippen molar-refractivity contribution in [2.45, 2.75) is 12.5 Å². The highest BCUT2D eigenvalue weighted by Gasteiger charge is 2.29. The summed E-state index contributed by atoms with van der Waals surface area (Å²) in [5.74, 6) is -0.890. The lowest BCUT2D eigenvalue weighted by Crippen LogP contribution is -2.43. The topological polar surface area (TPSA) is 100 Å². The van der Waals surface area contributed by atoms with Crippen molar-refractivity contribution >= 4 is 45.2 Å². The van der Waals surface area contributed by atoms with E-state index in [1.807, 2.05) is 0 Å². The number of fused-ring (bicyclic) bond motifs is 1. The normalized spacial score (nSPS) is 16.5. The van der Waals surface area contributed by atoms with Gasteiger partial charge < -0.3 is 16.0 Å². The second-order valence-corrected chi connectivity index (χ2v) is 6.09. The number of halogens is 1. The van der Waals surface area contributed by atoms with Crippen molar-refractivity contribution in [3.63, 3.8) is 0 Å². The van der Waals surface area contributed by atoms with Gasteiger partial charge in [-0.1, -0.05) is 12.1 Å². The van der Waals surface area contributed by atoms with E-state index in [-0.39, 0.29) is 6.42 Å². The van der Waals surface area contributed by atoms with Crippen LogP contribution in [0.4, 0.5) is 11.5 Å². The first kappa shape index (κ1) is 16.1. The number of rotatable bonds is 3. The van der Waals surface area contributed by atoms with Crippen molar-refractivity contribution in [1.82, 2.24) is 10.3 Å². The first-order valence-corrected chi connectivity index (χ1v) is 7.94. The van der Waals surface area contributed by atoms with Crippen LogP contribution in [-0.2, 0) is 9.59 Å². The summed E-state index contributed by atoms with van der Waals surface area (Å²) in [5.41, 5.74) is 0.792. The number of nitrogens with zero attached hydrogens (tertiary/aromatic N) is 1. The molecule has 2 heterocycles. The SMILES string of the molecule is O=C(CC1NC(=O)c2ccccc2NC1=O)Nc1ccc(Br)cn1. The summed E-state index contributed by atoms with van der Waals surface area (Å²) in [6, 6.07) is 9.08. The molecule has 1 atom stereocenters. The number of carbonyl (C=O) groups is 3. The molecule has 1 aliphatic heterocycles.